The highest BCUT2D eigenvalue weighted by Crippen LogP contribution is 2.33. The maximum absolute atomic E-state index is 13.2. The lowest BCUT2D eigenvalue weighted by Gasteiger charge is -2.25. The summed E-state index contributed by atoms with van der Waals surface area (Å²) in [5.41, 5.74) is 3.94. The molecule has 1 aromatic heterocycles. The monoisotopic (exact) mass is 489 g/mol. The van der Waals surface area contributed by atoms with E-state index in [2.05, 4.69) is 20.8 Å². The van der Waals surface area contributed by atoms with Crippen LogP contribution in [-0.2, 0) is 11.2 Å². The number of amides is 2. The van der Waals surface area contributed by atoms with E-state index < -0.39 is 0 Å². The van der Waals surface area contributed by atoms with Gasteiger partial charge in [-0.1, -0.05) is 6.07 Å². The molecule has 1 saturated carbocycles. The summed E-state index contributed by atoms with van der Waals surface area (Å²) in [6, 6.07) is 11.4. The molecule has 5 rings (SSSR count). The van der Waals surface area contributed by atoms with E-state index in [0.29, 0.717) is 30.0 Å². The van der Waals surface area contributed by atoms with E-state index in [1.807, 2.05) is 55.5 Å². The van der Waals surface area contributed by atoms with Crippen molar-refractivity contribution in [2.24, 2.45) is 5.92 Å². The molecule has 1 aliphatic carbocycles. The fourth-order valence-electron chi connectivity index (χ4n) is 4.11. The van der Waals surface area contributed by atoms with Gasteiger partial charge in [-0.3, -0.25) is 14.7 Å². The van der Waals surface area contributed by atoms with Crippen molar-refractivity contribution in [3.63, 3.8) is 0 Å². The number of nitrogens with one attached hydrogen (secondary N) is 3. The second-order valence-corrected chi connectivity index (χ2v) is 9.62. The van der Waals surface area contributed by atoms with Crippen molar-refractivity contribution in [2.75, 3.05) is 39.2 Å². The van der Waals surface area contributed by atoms with E-state index in [1.165, 1.54) is 0 Å². The number of nitrogens with zero attached hydrogens (tertiary/aromatic N) is 2. The number of hydrogen-bond donors (Lipinski definition) is 3. The molecular formula is C27H31N5O4. The molecule has 1 unspecified atom stereocenters. The van der Waals surface area contributed by atoms with Crippen molar-refractivity contribution in [1.29, 1.82) is 0 Å². The first kappa shape index (κ1) is 23.9. The second-order valence-electron chi connectivity index (χ2n) is 9.62. The summed E-state index contributed by atoms with van der Waals surface area (Å²) in [6.45, 7) is 1.50. The molecule has 9 heteroatoms. The van der Waals surface area contributed by atoms with Crippen molar-refractivity contribution in [2.45, 2.75) is 25.3 Å². The number of anilines is 1. The van der Waals surface area contributed by atoms with Gasteiger partial charge in [0.05, 0.1) is 17.8 Å². The van der Waals surface area contributed by atoms with E-state index in [1.54, 1.807) is 12.3 Å². The highest BCUT2D eigenvalue weighted by molar-refractivity contribution is 5.96. The summed E-state index contributed by atoms with van der Waals surface area (Å²) in [7, 11) is 3.96. The minimum absolute atomic E-state index is 0.0795. The number of carbonyl (C=O) groups excluding carboxylic acids is 2. The van der Waals surface area contributed by atoms with Crippen molar-refractivity contribution >= 4 is 17.5 Å². The Morgan fingerprint density at radius 1 is 1.17 bits per heavy atom. The van der Waals surface area contributed by atoms with Crippen molar-refractivity contribution in [3.8, 4) is 22.6 Å². The van der Waals surface area contributed by atoms with Crippen LogP contribution in [-0.4, -0.2) is 66.8 Å². The molecule has 1 aliphatic heterocycles. The molecule has 1 atom stereocenters. The summed E-state index contributed by atoms with van der Waals surface area (Å²) in [5.74, 6) is 0.702. The van der Waals surface area contributed by atoms with Crippen LogP contribution in [0, 0.1) is 5.92 Å². The van der Waals surface area contributed by atoms with Gasteiger partial charge in [0, 0.05) is 29.9 Å². The fourth-order valence-corrected chi connectivity index (χ4v) is 4.11. The van der Waals surface area contributed by atoms with Gasteiger partial charge in [-0.05, 0) is 74.8 Å². The Labute approximate surface area is 210 Å². The number of aromatic nitrogens is 2. The lowest BCUT2D eigenvalue weighted by atomic mass is 9.94. The molecule has 0 saturated heterocycles. The number of hydrogen-bond acceptors (Lipinski definition) is 6. The Kier molecular flexibility index (Phi) is 6.90. The van der Waals surface area contributed by atoms with Crippen LogP contribution in [0.25, 0.3) is 11.1 Å². The number of H-pyrrole nitrogens is 1. The molecule has 188 valence electrons. The van der Waals surface area contributed by atoms with E-state index in [-0.39, 0.29) is 30.4 Å². The second kappa shape index (κ2) is 10.4. The normalized spacial score (nSPS) is 16.7. The fraction of sp³-hybridized carbons (Fsp3) is 0.370. The number of ether oxygens (including phenoxy) is 2. The number of rotatable bonds is 9. The van der Waals surface area contributed by atoms with Gasteiger partial charge in [0.15, 0.2) is 0 Å². The number of benzene rings is 2. The average molecular weight is 490 g/mol. The summed E-state index contributed by atoms with van der Waals surface area (Å²) in [5, 5.41) is 12.9. The number of carbonyl (C=O) groups is 2. The first-order chi connectivity index (χ1) is 17.5. The molecular weight excluding hydrogens is 458 g/mol. The molecule has 2 aromatic carbocycles. The lowest BCUT2D eigenvalue weighted by Crippen LogP contribution is -2.33. The third-order valence-corrected chi connectivity index (χ3v) is 6.38. The van der Waals surface area contributed by atoms with Crippen molar-refractivity contribution < 1.29 is 19.1 Å². The van der Waals surface area contributed by atoms with E-state index in [9.17, 15) is 9.59 Å². The standard InChI is InChI=1S/C27H31N5O4/c1-32(2)9-10-35-25-13-17(21-14-28-29-15-21)3-7-23(25)31-27(34)20-12-19-11-18(4-8-24(19)36-16-20)26(33)30-22-5-6-22/h3-4,7-8,11,13-15,20,22H,5-6,9-10,12,16H2,1-2H3,(H,28,29)(H,30,33)(H,31,34). The summed E-state index contributed by atoms with van der Waals surface area (Å²) < 4.78 is 11.9. The van der Waals surface area contributed by atoms with Gasteiger partial charge in [0.25, 0.3) is 5.91 Å². The summed E-state index contributed by atoms with van der Waals surface area (Å²) in [4.78, 5) is 27.7. The maximum atomic E-state index is 13.2. The van der Waals surface area contributed by atoms with Gasteiger partial charge in [0.1, 0.15) is 24.7 Å². The lowest BCUT2D eigenvalue weighted by molar-refractivity contribution is -0.121. The highest BCUT2D eigenvalue weighted by Gasteiger charge is 2.29. The predicted molar refractivity (Wildman–Crippen MR) is 136 cm³/mol. The molecule has 36 heavy (non-hydrogen) atoms. The molecule has 1 fully saturated rings. The van der Waals surface area contributed by atoms with Crippen LogP contribution in [0.5, 0.6) is 11.5 Å². The van der Waals surface area contributed by atoms with Gasteiger partial charge >= 0.3 is 0 Å². The molecule has 0 spiro atoms. The molecule has 3 N–H and O–H groups in total. The smallest absolute Gasteiger partial charge is 0.251 e. The van der Waals surface area contributed by atoms with Crippen LogP contribution in [0.3, 0.4) is 0 Å². The minimum atomic E-state index is -0.387. The van der Waals surface area contributed by atoms with Crippen LogP contribution in [0.1, 0.15) is 28.8 Å². The topological polar surface area (TPSA) is 109 Å². The predicted octanol–water partition coefficient (Wildman–Crippen LogP) is 3.10. The zero-order chi connectivity index (χ0) is 25.1. The molecule has 3 aromatic rings. The first-order valence-electron chi connectivity index (χ1n) is 12.2. The number of likely N-dealkylation sites (N-methyl/N-ethyl adjacent to an activating group) is 1. The molecule has 9 nitrogen and oxygen atoms in total. The zero-order valence-corrected chi connectivity index (χ0v) is 20.5. The van der Waals surface area contributed by atoms with Gasteiger partial charge < -0.3 is 25.0 Å². The van der Waals surface area contributed by atoms with Gasteiger partial charge in [-0.15, -0.1) is 0 Å². The average Bonchev–Trinajstić information content (AvgIpc) is 3.51. The Morgan fingerprint density at radius 3 is 2.78 bits per heavy atom. The summed E-state index contributed by atoms with van der Waals surface area (Å²) >= 11 is 0. The van der Waals surface area contributed by atoms with E-state index in [4.69, 9.17) is 9.47 Å². The molecule has 0 radical (unpaired) electrons. The van der Waals surface area contributed by atoms with Crippen LogP contribution in [0.15, 0.2) is 48.8 Å². The molecule has 0 bridgehead atoms. The number of aromatic amines is 1. The quantitative estimate of drug-likeness (QED) is 0.426. The summed E-state index contributed by atoms with van der Waals surface area (Å²) in [6.07, 6.45) is 6.12. The van der Waals surface area contributed by atoms with E-state index >= 15 is 0 Å². The molecule has 2 amide bonds. The Morgan fingerprint density at radius 2 is 2.03 bits per heavy atom. The maximum Gasteiger partial charge on any atom is 0.251 e. The first-order valence-corrected chi connectivity index (χ1v) is 12.2. The largest absolute Gasteiger partial charge is 0.492 e. The molecule has 2 heterocycles. The Bertz CT molecular complexity index is 1240. The van der Waals surface area contributed by atoms with Crippen molar-refractivity contribution in [1.82, 2.24) is 20.4 Å². The van der Waals surface area contributed by atoms with Gasteiger partial charge in [0.2, 0.25) is 5.91 Å². The van der Waals surface area contributed by atoms with Gasteiger partial charge in [-0.2, -0.15) is 5.10 Å². The third kappa shape index (κ3) is 5.68. The van der Waals surface area contributed by atoms with Crippen LogP contribution in [0.4, 0.5) is 5.69 Å². The Balaban J connectivity index is 1.30. The minimum Gasteiger partial charge on any atom is -0.492 e. The van der Waals surface area contributed by atoms with Crippen LogP contribution >= 0.6 is 0 Å². The molecule has 2 aliphatic rings. The Hall–Kier alpha value is -3.85. The number of fused-ring (bicyclic) bond motifs is 1. The van der Waals surface area contributed by atoms with Gasteiger partial charge in [-0.25, -0.2) is 0 Å². The third-order valence-electron chi connectivity index (χ3n) is 6.38. The van der Waals surface area contributed by atoms with E-state index in [0.717, 1.165) is 41.8 Å². The van der Waals surface area contributed by atoms with Crippen LogP contribution < -0.4 is 20.1 Å². The highest BCUT2D eigenvalue weighted by atomic mass is 16.5. The zero-order valence-electron chi connectivity index (χ0n) is 20.5. The SMILES string of the molecule is CN(C)CCOc1cc(-c2cn[nH]c2)ccc1NC(=O)C1COc2ccc(C(=O)NC3CC3)cc2C1. The van der Waals surface area contributed by atoms with Crippen LogP contribution in [0.2, 0.25) is 0 Å². The van der Waals surface area contributed by atoms with Crippen molar-refractivity contribution in [3.05, 3.63) is 59.9 Å².